The Balaban J connectivity index is 2.45. The highest BCUT2D eigenvalue weighted by Gasteiger charge is 2.22. The monoisotopic (exact) mass is 297 g/mol. The van der Waals surface area contributed by atoms with E-state index in [1.54, 1.807) is 13.2 Å². The van der Waals surface area contributed by atoms with Crippen LogP contribution in [0.1, 0.15) is 35.3 Å². The summed E-state index contributed by atoms with van der Waals surface area (Å²) < 4.78 is 5.22. The third-order valence-corrected chi connectivity index (χ3v) is 3.66. The van der Waals surface area contributed by atoms with Crippen LogP contribution in [-0.2, 0) is 0 Å². The van der Waals surface area contributed by atoms with E-state index in [4.69, 9.17) is 4.74 Å². The summed E-state index contributed by atoms with van der Waals surface area (Å²) in [7, 11) is 1.61. The van der Waals surface area contributed by atoms with E-state index in [-0.39, 0.29) is 11.9 Å². The average molecular weight is 297 g/mol. The highest BCUT2D eigenvalue weighted by Crippen LogP contribution is 2.26. The summed E-state index contributed by atoms with van der Waals surface area (Å²) in [5, 5.41) is 0. The van der Waals surface area contributed by atoms with Gasteiger partial charge in [-0.15, -0.1) is 0 Å². The van der Waals surface area contributed by atoms with Crippen LogP contribution in [0.4, 0.5) is 5.69 Å². The van der Waals surface area contributed by atoms with E-state index in [0.717, 1.165) is 11.3 Å². The maximum absolute atomic E-state index is 13.0. The first kappa shape index (κ1) is 16.1. The average Bonchev–Trinajstić information content (AvgIpc) is 2.49. The maximum Gasteiger partial charge on any atom is 0.258 e. The number of ether oxygens (including phenoxy) is 1. The fourth-order valence-corrected chi connectivity index (χ4v) is 2.59. The van der Waals surface area contributed by atoms with E-state index < -0.39 is 0 Å². The van der Waals surface area contributed by atoms with E-state index in [1.807, 2.05) is 56.0 Å². The summed E-state index contributed by atoms with van der Waals surface area (Å²) in [6.07, 6.45) is 0. The van der Waals surface area contributed by atoms with Crippen molar-refractivity contribution in [2.24, 2.45) is 0 Å². The minimum Gasteiger partial charge on any atom is -0.497 e. The zero-order valence-corrected chi connectivity index (χ0v) is 13.9. The quantitative estimate of drug-likeness (QED) is 0.838. The van der Waals surface area contributed by atoms with Gasteiger partial charge in [-0.25, -0.2) is 0 Å². The highest BCUT2D eigenvalue weighted by atomic mass is 16.5. The molecule has 0 saturated heterocycles. The highest BCUT2D eigenvalue weighted by molar-refractivity contribution is 6.07. The fraction of sp³-hybridized carbons (Fsp3) is 0.316. The SMILES string of the molecule is COc1cccc(C(=O)N(c2ccc(C)cc2C)C(C)C)c1. The Bertz CT molecular complexity index is 677. The number of rotatable bonds is 4. The van der Waals surface area contributed by atoms with Crippen molar-refractivity contribution in [2.45, 2.75) is 33.7 Å². The van der Waals surface area contributed by atoms with Crippen LogP contribution in [0.15, 0.2) is 42.5 Å². The normalized spacial score (nSPS) is 10.6. The molecule has 0 bridgehead atoms. The molecule has 116 valence electrons. The van der Waals surface area contributed by atoms with Crippen molar-refractivity contribution >= 4 is 11.6 Å². The first-order chi connectivity index (χ1) is 10.4. The Hall–Kier alpha value is -2.29. The van der Waals surface area contributed by atoms with Crippen molar-refractivity contribution in [1.29, 1.82) is 0 Å². The number of methoxy groups -OCH3 is 1. The molecule has 1 amide bonds. The summed E-state index contributed by atoms with van der Waals surface area (Å²) in [5.74, 6) is 0.677. The topological polar surface area (TPSA) is 29.5 Å². The predicted octanol–water partition coefficient (Wildman–Crippen LogP) is 4.37. The first-order valence-corrected chi connectivity index (χ1v) is 7.49. The van der Waals surface area contributed by atoms with E-state index >= 15 is 0 Å². The third-order valence-electron chi connectivity index (χ3n) is 3.66. The summed E-state index contributed by atoms with van der Waals surface area (Å²) in [4.78, 5) is 14.8. The Kier molecular flexibility index (Phi) is 4.86. The van der Waals surface area contributed by atoms with Gasteiger partial charge in [0.15, 0.2) is 0 Å². The number of amides is 1. The number of nitrogens with zero attached hydrogens (tertiary/aromatic N) is 1. The largest absolute Gasteiger partial charge is 0.497 e. The minimum absolute atomic E-state index is 0.0131. The lowest BCUT2D eigenvalue weighted by Gasteiger charge is -2.29. The lowest BCUT2D eigenvalue weighted by molar-refractivity contribution is 0.0979. The van der Waals surface area contributed by atoms with Gasteiger partial charge in [-0.1, -0.05) is 23.8 Å². The maximum atomic E-state index is 13.0. The molecule has 0 aliphatic carbocycles. The van der Waals surface area contributed by atoms with Crippen molar-refractivity contribution < 1.29 is 9.53 Å². The van der Waals surface area contributed by atoms with Crippen LogP contribution in [0.5, 0.6) is 5.75 Å². The molecule has 0 N–H and O–H groups in total. The Morgan fingerprint density at radius 3 is 2.41 bits per heavy atom. The second kappa shape index (κ2) is 6.65. The molecule has 2 aromatic carbocycles. The van der Waals surface area contributed by atoms with Crippen LogP contribution in [0, 0.1) is 13.8 Å². The van der Waals surface area contributed by atoms with Crippen molar-refractivity contribution in [3.63, 3.8) is 0 Å². The van der Waals surface area contributed by atoms with E-state index in [0.29, 0.717) is 11.3 Å². The molecule has 3 nitrogen and oxygen atoms in total. The van der Waals surface area contributed by atoms with E-state index in [9.17, 15) is 4.79 Å². The molecule has 3 heteroatoms. The Labute approximate surface area is 132 Å². The van der Waals surface area contributed by atoms with Crippen molar-refractivity contribution in [3.8, 4) is 5.75 Å². The molecule has 0 aliphatic heterocycles. The fourth-order valence-electron chi connectivity index (χ4n) is 2.59. The van der Waals surface area contributed by atoms with Crippen LogP contribution in [0.25, 0.3) is 0 Å². The minimum atomic E-state index is -0.0131. The molecule has 0 fully saturated rings. The lowest BCUT2D eigenvalue weighted by atomic mass is 10.1. The lowest BCUT2D eigenvalue weighted by Crippen LogP contribution is -2.37. The number of aryl methyl sites for hydroxylation is 2. The predicted molar refractivity (Wildman–Crippen MR) is 90.9 cm³/mol. The molecule has 0 atom stereocenters. The van der Waals surface area contributed by atoms with Gasteiger partial charge < -0.3 is 9.64 Å². The second-order valence-electron chi connectivity index (χ2n) is 5.79. The van der Waals surface area contributed by atoms with Crippen LogP contribution < -0.4 is 9.64 Å². The standard InChI is InChI=1S/C19H23NO2/c1-13(2)20(18-10-9-14(3)11-15(18)4)19(21)16-7-6-8-17(12-16)22-5/h6-13H,1-5H3. The molecule has 0 saturated carbocycles. The molecular formula is C19H23NO2. The number of hydrogen-bond acceptors (Lipinski definition) is 2. The van der Waals surface area contributed by atoms with Gasteiger partial charge in [-0.3, -0.25) is 4.79 Å². The van der Waals surface area contributed by atoms with Crippen LogP contribution in [-0.4, -0.2) is 19.1 Å². The first-order valence-electron chi connectivity index (χ1n) is 7.49. The van der Waals surface area contributed by atoms with Gasteiger partial charge in [-0.2, -0.15) is 0 Å². The molecule has 2 aromatic rings. The van der Waals surface area contributed by atoms with Gasteiger partial charge in [-0.05, 0) is 57.5 Å². The molecule has 22 heavy (non-hydrogen) atoms. The number of benzene rings is 2. The van der Waals surface area contributed by atoms with Gasteiger partial charge in [0.2, 0.25) is 0 Å². The number of hydrogen-bond donors (Lipinski definition) is 0. The van der Waals surface area contributed by atoms with Gasteiger partial charge in [0.1, 0.15) is 5.75 Å². The molecule has 0 spiro atoms. The molecule has 0 unspecified atom stereocenters. The van der Waals surface area contributed by atoms with Gasteiger partial charge in [0.25, 0.3) is 5.91 Å². The summed E-state index contributed by atoms with van der Waals surface area (Å²) in [6.45, 7) is 8.14. The van der Waals surface area contributed by atoms with Gasteiger partial charge >= 0.3 is 0 Å². The molecule has 0 radical (unpaired) electrons. The molecule has 0 aliphatic rings. The number of carbonyl (C=O) groups is 1. The zero-order chi connectivity index (χ0) is 16.3. The van der Waals surface area contributed by atoms with Crippen molar-refractivity contribution in [3.05, 3.63) is 59.2 Å². The smallest absolute Gasteiger partial charge is 0.258 e. The van der Waals surface area contributed by atoms with E-state index in [2.05, 4.69) is 13.0 Å². The van der Waals surface area contributed by atoms with Crippen LogP contribution in [0.3, 0.4) is 0 Å². The molecule has 0 aromatic heterocycles. The van der Waals surface area contributed by atoms with Gasteiger partial charge in [0, 0.05) is 17.3 Å². The number of anilines is 1. The van der Waals surface area contributed by atoms with Crippen LogP contribution in [0.2, 0.25) is 0 Å². The van der Waals surface area contributed by atoms with E-state index in [1.165, 1.54) is 5.56 Å². The molecule has 0 heterocycles. The second-order valence-corrected chi connectivity index (χ2v) is 5.79. The van der Waals surface area contributed by atoms with Gasteiger partial charge in [0.05, 0.1) is 7.11 Å². The molecular weight excluding hydrogens is 274 g/mol. The Morgan fingerprint density at radius 1 is 1.09 bits per heavy atom. The van der Waals surface area contributed by atoms with Crippen molar-refractivity contribution in [2.75, 3.05) is 12.0 Å². The summed E-state index contributed by atoms with van der Waals surface area (Å²) in [6, 6.07) is 13.5. The summed E-state index contributed by atoms with van der Waals surface area (Å²) in [5.41, 5.74) is 3.88. The van der Waals surface area contributed by atoms with Crippen molar-refractivity contribution in [1.82, 2.24) is 0 Å². The number of carbonyl (C=O) groups excluding carboxylic acids is 1. The van der Waals surface area contributed by atoms with Crippen LogP contribution >= 0.6 is 0 Å². The molecule has 2 rings (SSSR count). The third kappa shape index (κ3) is 3.30. The summed E-state index contributed by atoms with van der Waals surface area (Å²) >= 11 is 0. The zero-order valence-electron chi connectivity index (χ0n) is 13.9. The Morgan fingerprint density at radius 2 is 1.82 bits per heavy atom.